The lowest BCUT2D eigenvalue weighted by molar-refractivity contribution is -0.143. The van der Waals surface area contributed by atoms with Gasteiger partial charge < -0.3 is 107 Å². The van der Waals surface area contributed by atoms with Crippen molar-refractivity contribution in [2.24, 2.45) is 39.4 Å². The highest BCUT2D eigenvalue weighted by Gasteiger charge is 2.41. The van der Waals surface area contributed by atoms with Gasteiger partial charge in [0.05, 0.1) is 0 Å². The third-order valence-electron chi connectivity index (χ3n) is 24.6. The Kier molecular flexibility index (Phi) is 47.8. The summed E-state index contributed by atoms with van der Waals surface area (Å²) in [6.45, 7) is 21.3. The van der Waals surface area contributed by atoms with E-state index in [9.17, 15) is 82.4 Å². The van der Waals surface area contributed by atoms with Crippen LogP contribution in [0.4, 0.5) is 33.6 Å². The number of carboxylic acids is 7. The predicted molar refractivity (Wildman–Crippen MR) is 463 cm³/mol. The molecular formula is C90H154N8O27. The molecule has 716 valence electrons. The molecule has 0 unspecified atom stereocenters. The van der Waals surface area contributed by atoms with Crippen LogP contribution >= 0.6 is 0 Å². The highest BCUT2D eigenvalue weighted by molar-refractivity contribution is 5.85. The lowest BCUT2D eigenvalue weighted by atomic mass is 9.84. The van der Waals surface area contributed by atoms with E-state index in [0.29, 0.717) is 0 Å². The van der Waals surface area contributed by atoms with Crippen molar-refractivity contribution in [3.8, 4) is 0 Å². The van der Waals surface area contributed by atoms with Gasteiger partial charge in [0.15, 0.2) is 0 Å². The molecule has 0 aromatic heterocycles. The average Bonchev–Trinajstić information content (AvgIpc) is 1.83. The fourth-order valence-corrected chi connectivity index (χ4v) is 16.8. The van der Waals surface area contributed by atoms with Gasteiger partial charge in [-0.1, -0.05) is 167 Å². The zero-order chi connectivity index (χ0) is 93.2. The Morgan fingerprint density at radius 3 is 0.560 bits per heavy atom. The Morgan fingerprint density at radius 1 is 0.216 bits per heavy atom. The number of hydrogen-bond acceptors (Lipinski definition) is 20. The van der Waals surface area contributed by atoms with Crippen LogP contribution in [-0.2, 0) is 62.0 Å². The van der Waals surface area contributed by atoms with Crippen molar-refractivity contribution in [3.63, 3.8) is 0 Å². The van der Waals surface area contributed by atoms with E-state index in [-0.39, 0.29) is 66.5 Å². The number of carbonyl (C=O) groups is 14. The largest absolute Gasteiger partial charge is 0.480 e. The van der Waals surface area contributed by atoms with Gasteiger partial charge in [-0.25, -0.2) is 67.1 Å². The SMILES string of the molecule is CC(C)(C)[C@H](NC(=O)NC1CCCC1)C(=O)O.CC(C)(C)[C@H](NC(=O)OC1CCC1)C(=O)O.CC(C)(C)[C@H](NC(=O)OC1CCCC1)C(=O)O.CC(C)(C)[C@H](NC(=O)OC1CCCCC1)C(=O)O.O=C(N[C@H](C(=O)O)C1CCCCC1)OC1CCC1.O=C(N[C@H](C(=O)O)C1CCCCC1)OC1CCCC1.O=C(N[C@H](C(=O)O)C1CCCCC1)OC1CCCCC1. The lowest BCUT2D eigenvalue weighted by Gasteiger charge is -2.30. The molecule has 0 heterocycles. The number of urea groups is 1. The third-order valence-corrected chi connectivity index (χ3v) is 24.6. The number of rotatable bonds is 24. The van der Waals surface area contributed by atoms with E-state index in [1.54, 1.807) is 83.1 Å². The van der Waals surface area contributed by atoms with Crippen molar-refractivity contribution in [2.45, 2.75) is 444 Å². The third kappa shape index (κ3) is 43.5. The maximum atomic E-state index is 11.9. The molecule has 0 aromatic carbocycles. The van der Waals surface area contributed by atoms with Crippen molar-refractivity contribution in [1.29, 1.82) is 0 Å². The summed E-state index contributed by atoms with van der Waals surface area (Å²) in [6.07, 6.45) is 39.3. The van der Waals surface area contributed by atoms with Crippen LogP contribution in [0, 0.1) is 39.4 Å². The second kappa shape index (κ2) is 55.0. The number of carbonyl (C=O) groups excluding carboxylic acids is 7. The summed E-state index contributed by atoms with van der Waals surface area (Å²) in [5.41, 5.74) is -2.12. The minimum atomic E-state index is -1.04. The molecular weight excluding hydrogens is 1630 g/mol. The quantitative estimate of drug-likeness (QED) is 0.0399. The maximum Gasteiger partial charge on any atom is 0.408 e. The lowest BCUT2D eigenvalue weighted by Crippen LogP contribution is -2.53. The molecule has 15 N–H and O–H groups in total. The number of ether oxygens (including phenoxy) is 6. The van der Waals surface area contributed by atoms with Gasteiger partial charge >= 0.3 is 84.4 Å². The molecule has 0 aliphatic heterocycles. The van der Waals surface area contributed by atoms with Crippen LogP contribution in [-0.4, -0.2) is 205 Å². The Balaban J connectivity index is 0.000000306. The first-order valence-corrected chi connectivity index (χ1v) is 46.2. The minimum Gasteiger partial charge on any atom is -0.480 e. The van der Waals surface area contributed by atoms with Gasteiger partial charge in [-0.3, -0.25) is 0 Å². The Labute approximate surface area is 738 Å². The van der Waals surface area contributed by atoms with Crippen LogP contribution in [0.5, 0.6) is 0 Å². The van der Waals surface area contributed by atoms with Gasteiger partial charge in [-0.15, -0.1) is 0 Å². The molecule has 0 radical (unpaired) electrons. The van der Waals surface area contributed by atoms with E-state index in [1.807, 2.05) is 0 Å². The van der Waals surface area contributed by atoms with Crippen molar-refractivity contribution >= 4 is 84.4 Å². The van der Waals surface area contributed by atoms with Crippen LogP contribution in [0.2, 0.25) is 0 Å². The average molecular weight is 1780 g/mol. The summed E-state index contributed by atoms with van der Waals surface area (Å²) in [7, 11) is 0. The zero-order valence-electron chi connectivity index (χ0n) is 76.5. The van der Waals surface area contributed by atoms with Gasteiger partial charge in [0, 0.05) is 6.04 Å². The van der Waals surface area contributed by atoms with Gasteiger partial charge in [-0.2, -0.15) is 0 Å². The molecule has 35 heteroatoms. The topological polar surface area (TPSA) is 532 Å². The van der Waals surface area contributed by atoms with E-state index < -0.39 is 142 Å². The molecule has 35 nitrogen and oxygen atoms in total. The Bertz CT molecular complexity index is 3270. The van der Waals surface area contributed by atoms with E-state index in [2.05, 4.69) is 42.5 Å². The maximum absolute atomic E-state index is 11.9. The molecule has 10 aliphatic carbocycles. The molecule has 8 amide bonds. The number of hydrogen-bond donors (Lipinski definition) is 15. The first-order valence-electron chi connectivity index (χ1n) is 46.2. The van der Waals surface area contributed by atoms with Crippen molar-refractivity contribution in [2.75, 3.05) is 0 Å². The van der Waals surface area contributed by atoms with Gasteiger partial charge in [0.2, 0.25) is 0 Å². The van der Waals surface area contributed by atoms with E-state index in [4.69, 9.17) is 48.8 Å². The minimum absolute atomic E-state index is 0.00852. The number of alkyl carbamates (subject to hydrolysis) is 6. The zero-order valence-corrected chi connectivity index (χ0v) is 76.5. The highest BCUT2D eigenvalue weighted by atomic mass is 16.6. The summed E-state index contributed by atoms with van der Waals surface area (Å²) in [4.78, 5) is 160. The predicted octanol–water partition coefficient (Wildman–Crippen LogP) is 16.3. The molecule has 10 saturated carbocycles. The molecule has 10 aliphatic rings. The van der Waals surface area contributed by atoms with Gasteiger partial charge in [0.25, 0.3) is 0 Å². The van der Waals surface area contributed by atoms with Crippen LogP contribution in [0.3, 0.4) is 0 Å². The second-order valence-corrected chi connectivity index (χ2v) is 39.5. The summed E-state index contributed by atoms with van der Waals surface area (Å²) in [6, 6.07) is -6.24. The van der Waals surface area contributed by atoms with Crippen LogP contribution < -0.4 is 42.5 Å². The van der Waals surface area contributed by atoms with E-state index in [1.165, 1.54) is 12.8 Å². The second-order valence-electron chi connectivity index (χ2n) is 39.5. The highest BCUT2D eigenvalue weighted by Crippen LogP contribution is 2.33. The fraction of sp³-hybridized carbons (Fsp3) is 0.844. The van der Waals surface area contributed by atoms with Gasteiger partial charge in [0.1, 0.15) is 78.9 Å². The van der Waals surface area contributed by atoms with Crippen LogP contribution in [0.1, 0.15) is 359 Å². The van der Waals surface area contributed by atoms with Crippen molar-refractivity contribution in [3.05, 3.63) is 0 Å². The number of carboxylic acid groups (broad SMARTS) is 7. The normalized spacial score (nSPS) is 20.7. The molecule has 0 spiro atoms. The summed E-state index contributed by atoms with van der Waals surface area (Å²) >= 11 is 0. The number of aliphatic carboxylic acids is 7. The van der Waals surface area contributed by atoms with Crippen molar-refractivity contribution in [1.82, 2.24) is 42.5 Å². The first kappa shape index (κ1) is 109. The molecule has 0 aromatic rings. The molecule has 0 bridgehead atoms. The van der Waals surface area contributed by atoms with Crippen LogP contribution in [0.25, 0.3) is 0 Å². The fourth-order valence-electron chi connectivity index (χ4n) is 16.8. The molecule has 10 rings (SSSR count). The van der Waals surface area contributed by atoms with E-state index >= 15 is 0 Å². The first-order chi connectivity index (χ1) is 58.7. The van der Waals surface area contributed by atoms with Crippen molar-refractivity contribution < 1.29 is 131 Å². The molecule has 0 saturated heterocycles. The van der Waals surface area contributed by atoms with Gasteiger partial charge in [-0.05, 0) is 232 Å². The number of amides is 8. The van der Waals surface area contributed by atoms with E-state index in [0.717, 1.165) is 263 Å². The smallest absolute Gasteiger partial charge is 0.408 e. The van der Waals surface area contributed by atoms with Crippen LogP contribution in [0.15, 0.2) is 0 Å². The standard InChI is InChI=1S/C15H25NO4.C14H23NO4.C13H21NO4.C13H23NO4.C12H22N2O3.C12H21NO4.C11H19NO4/c17-14(18)13(11-7-3-1-4-8-11)16-15(19)20-12-9-5-2-6-10-12;16-13(17)12(10-6-2-1-3-7-10)15-14(18)19-11-8-4-5-9-11;15-12(16)11(9-5-2-1-3-6-9)14-13(17)18-10-7-4-8-10;1-13(2,3)10(11(15)16)14-12(17)18-9-7-5-4-6-8-9;1-12(2,3)9(10(15)16)14-11(17)13-8-6-4-5-7-8;1-12(2,3)9(10(14)15)13-11(16)17-8-6-4-5-7-8;1-11(2,3)8(9(13)14)12-10(15)16-7-5-4-6-7/h11-13H,1-10H2,(H,16,19)(H,17,18);10-12H,1-9H2,(H,15,18)(H,16,17);9-11H,1-8H2,(H,14,17)(H,15,16);9-10H,4-8H2,1-3H3,(H,14,17)(H,15,16);8-9H,4-7H2,1-3H3,(H,15,16)(H2,13,14,17);8-9H,4-7H2,1-3H3,(H,13,16)(H,14,15);7-8H,4-6H2,1-3H3,(H,12,15)(H,13,14)/t13-;12-;11-;10-;2*9-;8-/m0001111/s1. The molecule has 7 atom stereocenters. The summed E-state index contributed by atoms with van der Waals surface area (Å²) in [5.74, 6) is -6.84. The summed E-state index contributed by atoms with van der Waals surface area (Å²) < 4.78 is 31.2. The Morgan fingerprint density at radius 2 is 0.384 bits per heavy atom. The number of nitrogens with one attached hydrogen (secondary N) is 8. The molecule has 10 fully saturated rings. The summed E-state index contributed by atoms with van der Waals surface area (Å²) in [5, 5.41) is 84.3. The Hall–Kier alpha value is -8.82. The monoisotopic (exact) mass is 1780 g/mol. The molecule has 125 heavy (non-hydrogen) atoms.